The molecule has 4 heteroatoms. The minimum atomic E-state index is 0.724. The van der Waals surface area contributed by atoms with Gasteiger partial charge in [0.25, 0.3) is 0 Å². The van der Waals surface area contributed by atoms with Gasteiger partial charge in [-0.15, -0.1) is 11.3 Å². The summed E-state index contributed by atoms with van der Waals surface area (Å²) < 4.78 is 9.53. The van der Waals surface area contributed by atoms with E-state index in [-0.39, 0.29) is 0 Å². The predicted octanol–water partition coefficient (Wildman–Crippen LogP) is 4.51. The van der Waals surface area contributed by atoms with Gasteiger partial charge in [-0.3, -0.25) is 0 Å². The Kier molecular flexibility index (Phi) is 3.54. The molecule has 0 N–H and O–H groups in total. The number of benzene rings is 1. The summed E-state index contributed by atoms with van der Waals surface area (Å²) in [5, 5.41) is 3.44. The van der Waals surface area contributed by atoms with Crippen LogP contribution in [0.3, 0.4) is 0 Å². The zero-order chi connectivity index (χ0) is 10.1. The third kappa shape index (κ3) is 1.88. The Labute approximate surface area is 114 Å². The smallest absolute Gasteiger partial charge is 0.129 e. The molecule has 0 saturated heterocycles. The van der Waals surface area contributed by atoms with Gasteiger partial charge in [0.2, 0.25) is 0 Å². The summed E-state index contributed by atoms with van der Waals surface area (Å²) in [4.78, 5) is 0. The Hall–Kier alpha value is 0.440. The van der Waals surface area contributed by atoms with Crippen molar-refractivity contribution in [3.05, 3.63) is 24.7 Å². The number of halogens is 2. The number of ether oxygens (including phenoxy) is 1. The molecule has 0 amide bonds. The maximum atomic E-state index is 5.61. The summed E-state index contributed by atoms with van der Waals surface area (Å²) in [7, 11) is 0. The standard InChI is InChI=1S/C10H8I2OS/c1-2-13-8-4-3-6(11)10-9(8)7(12)5-14-10/h3-5H,2H2,1H3. The minimum Gasteiger partial charge on any atom is -0.493 e. The Morgan fingerprint density at radius 3 is 2.79 bits per heavy atom. The Balaban J connectivity index is 2.72. The molecule has 0 aliphatic heterocycles. The molecule has 2 rings (SSSR count). The molecule has 0 atom stereocenters. The van der Waals surface area contributed by atoms with Crippen LogP contribution < -0.4 is 4.74 Å². The van der Waals surface area contributed by atoms with Gasteiger partial charge in [0, 0.05) is 17.9 Å². The van der Waals surface area contributed by atoms with Crippen LogP contribution in [0.25, 0.3) is 10.1 Å². The highest BCUT2D eigenvalue weighted by atomic mass is 127. The monoisotopic (exact) mass is 430 g/mol. The van der Waals surface area contributed by atoms with Crippen molar-refractivity contribution in [3.63, 3.8) is 0 Å². The first-order valence-corrected chi connectivity index (χ1v) is 7.25. The van der Waals surface area contributed by atoms with Gasteiger partial charge in [0.05, 0.1) is 11.3 Å². The van der Waals surface area contributed by atoms with Crippen molar-refractivity contribution in [1.29, 1.82) is 0 Å². The van der Waals surface area contributed by atoms with Crippen LogP contribution in [-0.4, -0.2) is 6.61 Å². The van der Waals surface area contributed by atoms with Crippen molar-refractivity contribution < 1.29 is 4.74 Å². The molecule has 0 saturated carbocycles. The molecular weight excluding hydrogens is 422 g/mol. The summed E-state index contributed by atoms with van der Waals surface area (Å²) in [5.41, 5.74) is 0. The molecule has 0 aliphatic rings. The fourth-order valence-corrected chi connectivity index (χ4v) is 4.10. The van der Waals surface area contributed by atoms with Crippen LogP contribution in [0.2, 0.25) is 0 Å². The van der Waals surface area contributed by atoms with Crippen molar-refractivity contribution in [2.45, 2.75) is 6.92 Å². The van der Waals surface area contributed by atoms with E-state index < -0.39 is 0 Å². The quantitative estimate of drug-likeness (QED) is 0.638. The molecule has 0 unspecified atom stereocenters. The SMILES string of the molecule is CCOc1ccc(I)c2scc(I)c12. The molecule has 0 spiro atoms. The lowest BCUT2D eigenvalue weighted by molar-refractivity contribution is 0.344. The highest BCUT2D eigenvalue weighted by Gasteiger charge is 2.10. The van der Waals surface area contributed by atoms with Gasteiger partial charge in [-0.2, -0.15) is 0 Å². The fraction of sp³-hybridized carbons (Fsp3) is 0.200. The largest absolute Gasteiger partial charge is 0.493 e. The van der Waals surface area contributed by atoms with E-state index in [1.165, 1.54) is 17.2 Å². The van der Waals surface area contributed by atoms with E-state index in [9.17, 15) is 0 Å². The number of rotatable bonds is 2. The Morgan fingerprint density at radius 1 is 1.29 bits per heavy atom. The van der Waals surface area contributed by atoms with Crippen molar-refractivity contribution in [2.24, 2.45) is 0 Å². The molecule has 2 aromatic rings. The molecular formula is C10H8I2OS. The number of fused-ring (bicyclic) bond motifs is 1. The highest BCUT2D eigenvalue weighted by molar-refractivity contribution is 14.1. The zero-order valence-electron chi connectivity index (χ0n) is 7.51. The van der Waals surface area contributed by atoms with E-state index in [4.69, 9.17) is 4.74 Å². The van der Waals surface area contributed by atoms with E-state index in [0.29, 0.717) is 0 Å². The number of hydrogen-bond donors (Lipinski definition) is 0. The lowest BCUT2D eigenvalue weighted by Gasteiger charge is -2.05. The van der Waals surface area contributed by atoms with Gasteiger partial charge < -0.3 is 4.74 Å². The Bertz CT molecular complexity index is 464. The lowest BCUT2D eigenvalue weighted by atomic mass is 10.2. The Morgan fingerprint density at radius 2 is 2.07 bits per heavy atom. The summed E-state index contributed by atoms with van der Waals surface area (Å²) >= 11 is 6.52. The molecule has 1 aromatic carbocycles. The van der Waals surface area contributed by atoms with Crippen LogP contribution in [0.15, 0.2) is 17.5 Å². The first-order valence-electron chi connectivity index (χ1n) is 4.22. The van der Waals surface area contributed by atoms with Crippen LogP contribution in [-0.2, 0) is 0 Å². The van der Waals surface area contributed by atoms with Gasteiger partial charge in [-0.05, 0) is 64.2 Å². The third-order valence-corrected chi connectivity index (χ3v) is 5.44. The van der Waals surface area contributed by atoms with Crippen LogP contribution in [0.1, 0.15) is 6.92 Å². The topological polar surface area (TPSA) is 9.23 Å². The number of hydrogen-bond acceptors (Lipinski definition) is 2. The van der Waals surface area contributed by atoms with E-state index in [0.717, 1.165) is 12.4 Å². The van der Waals surface area contributed by atoms with Crippen molar-refractivity contribution >= 4 is 66.6 Å². The molecule has 0 radical (unpaired) electrons. The molecule has 0 fully saturated rings. The summed E-state index contributed by atoms with van der Waals surface area (Å²) in [5.74, 6) is 1.01. The van der Waals surface area contributed by atoms with Crippen molar-refractivity contribution in [1.82, 2.24) is 0 Å². The average molecular weight is 430 g/mol. The first-order chi connectivity index (χ1) is 6.74. The summed E-state index contributed by atoms with van der Waals surface area (Å²) in [6, 6.07) is 4.17. The van der Waals surface area contributed by atoms with Crippen molar-refractivity contribution in [3.8, 4) is 5.75 Å². The molecule has 1 aromatic heterocycles. The summed E-state index contributed by atoms with van der Waals surface area (Å²) in [6.07, 6.45) is 0. The molecule has 0 bridgehead atoms. The zero-order valence-corrected chi connectivity index (χ0v) is 12.6. The molecule has 1 nitrogen and oxygen atoms in total. The van der Waals surface area contributed by atoms with Gasteiger partial charge in [0.1, 0.15) is 5.75 Å². The first kappa shape index (κ1) is 10.9. The van der Waals surface area contributed by atoms with Gasteiger partial charge in [-0.1, -0.05) is 0 Å². The second-order valence-electron chi connectivity index (χ2n) is 2.77. The van der Waals surface area contributed by atoms with Crippen LogP contribution in [0, 0.1) is 7.14 Å². The maximum absolute atomic E-state index is 5.61. The normalized spacial score (nSPS) is 10.8. The second kappa shape index (κ2) is 4.52. The maximum Gasteiger partial charge on any atom is 0.129 e. The van der Waals surface area contributed by atoms with Crippen LogP contribution in [0.5, 0.6) is 5.75 Å². The minimum absolute atomic E-state index is 0.724. The molecule has 74 valence electrons. The second-order valence-corrected chi connectivity index (χ2v) is 5.97. The van der Waals surface area contributed by atoms with E-state index in [1.807, 2.05) is 6.92 Å². The van der Waals surface area contributed by atoms with Crippen LogP contribution in [0.4, 0.5) is 0 Å². The highest BCUT2D eigenvalue weighted by Crippen LogP contribution is 2.37. The van der Waals surface area contributed by atoms with E-state index >= 15 is 0 Å². The van der Waals surface area contributed by atoms with E-state index in [1.54, 1.807) is 11.3 Å². The van der Waals surface area contributed by atoms with Gasteiger partial charge >= 0.3 is 0 Å². The molecule has 0 aliphatic carbocycles. The third-order valence-electron chi connectivity index (χ3n) is 1.89. The van der Waals surface area contributed by atoms with Crippen molar-refractivity contribution in [2.75, 3.05) is 6.61 Å². The van der Waals surface area contributed by atoms with Gasteiger partial charge in [0.15, 0.2) is 0 Å². The fourth-order valence-electron chi connectivity index (χ4n) is 1.33. The van der Waals surface area contributed by atoms with Gasteiger partial charge in [-0.25, -0.2) is 0 Å². The summed E-state index contributed by atoms with van der Waals surface area (Å²) in [6.45, 7) is 2.74. The molecule has 1 heterocycles. The molecule has 14 heavy (non-hydrogen) atoms. The van der Waals surface area contributed by atoms with E-state index in [2.05, 4.69) is 62.7 Å². The average Bonchev–Trinajstić information content (AvgIpc) is 2.55. The van der Waals surface area contributed by atoms with Crippen LogP contribution >= 0.6 is 56.5 Å². The lowest BCUT2D eigenvalue weighted by Crippen LogP contribution is -1.92. The predicted molar refractivity (Wildman–Crippen MR) is 78.4 cm³/mol. The number of thiophene rings is 1.